The molecule has 0 spiro atoms. The molecule has 0 aliphatic rings. The van der Waals surface area contributed by atoms with Crippen LogP contribution in [0.15, 0.2) is 142 Å². The number of anilines is 3. The van der Waals surface area contributed by atoms with E-state index in [4.69, 9.17) is 0 Å². The van der Waals surface area contributed by atoms with Crippen LogP contribution in [0.5, 0.6) is 0 Å². The van der Waals surface area contributed by atoms with Crippen molar-refractivity contribution in [2.24, 2.45) is 0 Å². The number of aromatic nitrogens is 3. The Bertz CT molecular complexity index is 3100. The van der Waals surface area contributed by atoms with Crippen LogP contribution in [-0.2, 0) is 14.4 Å². The lowest BCUT2D eigenvalue weighted by Gasteiger charge is -2.11. The number of aromatic amines is 3. The highest BCUT2D eigenvalue weighted by atomic mass is 16.2. The minimum atomic E-state index is -0.104. The molecule has 0 aliphatic heterocycles. The van der Waals surface area contributed by atoms with Gasteiger partial charge in [-0.1, -0.05) is 54.6 Å². The van der Waals surface area contributed by atoms with Crippen molar-refractivity contribution in [3.8, 4) is 0 Å². The van der Waals surface area contributed by atoms with Crippen molar-refractivity contribution in [3.63, 3.8) is 0 Å². The second-order valence-corrected chi connectivity index (χ2v) is 16.6. The lowest BCUT2D eigenvalue weighted by molar-refractivity contribution is -0.117. The molecule has 0 unspecified atom stereocenters. The summed E-state index contributed by atoms with van der Waals surface area (Å²) in [6.45, 7) is 0.971. The predicted octanol–water partition coefficient (Wildman–Crippen LogP) is 6.54. The molecular weight excluding hydrogens is 835 g/mol. The van der Waals surface area contributed by atoms with E-state index < -0.39 is 0 Å². The molecule has 66 heavy (non-hydrogen) atoms. The summed E-state index contributed by atoms with van der Waals surface area (Å²) in [6, 6.07) is 38.8. The maximum atomic E-state index is 12.0. The van der Waals surface area contributed by atoms with Crippen molar-refractivity contribution in [3.05, 3.63) is 158 Å². The number of pyridine rings is 3. The molecule has 3 heterocycles. The smallest absolute Gasteiger partial charge is 0.256 e. The SMILES string of the molecule is CN(C)CC(=O)Nc1ccc2[nH]c(=O)c3ccccc3c2c1.CN(C)CC(=O)Nc1ccc2[nH]c(=O)c3ccccc3c2c1.CN(C)CC(=O)Nc1ccc2[nH]c(=O)c3ccccc3c2c1. The maximum absolute atomic E-state index is 12.0. The summed E-state index contributed by atoms with van der Waals surface area (Å²) < 4.78 is 0. The van der Waals surface area contributed by atoms with Crippen LogP contribution >= 0.6 is 0 Å². The number of nitrogens with one attached hydrogen (secondary N) is 6. The number of benzene rings is 6. The number of rotatable bonds is 9. The van der Waals surface area contributed by atoms with E-state index in [1.54, 1.807) is 36.4 Å². The number of amides is 3. The molecule has 0 radical (unpaired) electrons. The summed E-state index contributed by atoms with van der Waals surface area (Å²) in [6.07, 6.45) is 0. The Kier molecular flexibility index (Phi) is 14.1. The van der Waals surface area contributed by atoms with Crippen molar-refractivity contribution in [1.82, 2.24) is 29.7 Å². The fourth-order valence-electron chi connectivity index (χ4n) is 7.64. The predicted molar refractivity (Wildman–Crippen MR) is 268 cm³/mol. The first-order chi connectivity index (χ1) is 31.6. The Hall–Kier alpha value is -7.98. The van der Waals surface area contributed by atoms with Gasteiger partial charge in [-0.2, -0.15) is 0 Å². The van der Waals surface area contributed by atoms with E-state index in [9.17, 15) is 28.8 Å². The van der Waals surface area contributed by atoms with Gasteiger partial charge in [-0.15, -0.1) is 0 Å². The van der Waals surface area contributed by atoms with E-state index >= 15 is 0 Å². The molecule has 15 nitrogen and oxygen atoms in total. The Morgan fingerprint density at radius 2 is 0.606 bits per heavy atom. The first kappa shape index (κ1) is 46.0. The summed E-state index contributed by atoms with van der Waals surface area (Å²) in [5.41, 5.74) is 4.12. The average Bonchev–Trinajstić information content (AvgIpc) is 3.27. The van der Waals surface area contributed by atoms with E-state index in [0.717, 1.165) is 65.9 Å². The van der Waals surface area contributed by atoms with Crippen LogP contribution in [0.25, 0.3) is 65.0 Å². The zero-order valence-electron chi connectivity index (χ0n) is 37.5. The molecule has 0 aliphatic carbocycles. The third kappa shape index (κ3) is 11.0. The van der Waals surface area contributed by atoms with Gasteiger partial charge in [0.15, 0.2) is 0 Å². The minimum Gasteiger partial charge on any atom is -0.325 e. The number of H-pyrrole nitrogens is 3. The molecule has 336 valence electrons. The fraction of sp³-hybridized carbons (Fsp3) is 0.176. The van der Waals surface area contributed by atoms with E-state index in [1.165, 1.54) is 0 Å². The molecule has 0 bridgehead atoms. The third-order valence-electron chi connectivity index (χ3n) is 10.4. The number of hydrogen-bond donors (Lipinski definition) is 6. The number of carbonyl (C=O) groups excluding carboxylic acids is 3. The number of likely N-dealkylation sites (N-methyl/N-ethyl adjacent to an activating group) is 3. The van der Waals surface area contributed by atoms with Crippen LogP contribution < -0.4 is 32.6 Å². The van der Waals surface area contributed by atoms with Gasteiger partial charge in [-0.05, 0) is 131 Å². The first-order valence-corrected chi connectivity index (χ1v) is 21.1. The summed E-state index contributed by atoms with van der Waals surface area (Å²) in [5, 5.41) is 15.9. The number of carbonyl (C=O) groups is 3. The molecule has 6 N–H and O–H groups in total. The van der Waals surface area contributed by atoms with Crippen LogP contribution in [-0.4, -0.2) is 109 Å². The summed E-state index contributed by atoms with van der Waals surface area (Å²) in [4.78, 5) is 85.8. The molecule has 3 aromatic heterocycles. The number of nitrogens with zero attached hydrogens (tertiary/aromatic N) is 3. The molecule has 0 fully saturated rings. The lowest BCUT2D eigenvalue weighted by Crippen LogP contribution is -2.27. The van der Waals surface area contributed by atoms with Gasteiger partial charge in [0, 0.05) is 65.9 Å². The minimum absolute atomic E-state index is 0.0712. The molecule has 0 atom stereocenters. The fourth-order valence-corrected chi connectivity index (χ4v) is 7.64. The molecule has 15 heteroatoms. The van der Waals surface area contributed by atoms with E-state index in [-0.39, 0.29) is 34.4 Å². The van der Waals surface area contributed by atoms with E-state index in [1.807, 2.05) is 148 Å². The van der Waals surface area contributed by atoms with Gasteiger partial charge in [0.1, 0.15) is 0 Å². The molecule has 9 aromatic rings. The monoisotopic (exact) mass is 885 g/mol. The normalized spacial score (nSPS) is 11.2. The highest BCUT2D eigenvalue weighted by Gasteiger charge is 2.11. The van der Waals surface area contributed by atoms with E-state index in [2.05, 4.69) is 30.9 Å². The van der Waals surface area contributed by atoms with Crippen molar-refractivity contribution < 1.29 is 14.4 Å². The van der Waals surface area contributed by atoms with Gasteiger partial charge in [-0.3, -0.25) is 28.8 Å². The standard InChI is InChI=1S/3C17H17N3O2/c3*1-20(2)10-16(21)18-11-7-8-15-14(9-11)12-5-3-4-6-13(12)17(22)19-15/h3*3-9H,10H2,1-2H3,(H,18,21)(H,19,22). The van der Waals surface area contributed by atoms with E-state index in [0.29, 0.717) is 35.8 Å². The summed E-state index contributed by atoms with van der Waals surface area (Å²) >= 11 is 0. The largest absolute Gasteiger partial charge is 0.325 e. The maximum Gasteiger partial charge on any atom is 0.256 e. The average molecular weight is 886 g/mol. The van der Waals surface area contributed by atoms with Crippen LogP contribution in [0, 0.1) is 0 Å². The molecule has 3 amide bonds. The van der Waals surface area contributed by atoms with Gasteiger partial charge < -0.3 is 45.6 Å². The van der Waals surface area contributed by atoms with Crippen LogP contribution in [0.1, 0.15) is 0 Å². The van der Waals surface area contributed by atoms with Crippen molar-refractivity contribution in [2.75, 3.05) is 77.9 Å². The quantitative estimate of drug-likeness (QED) is 0.0873. The Morgan fingerprint density at radius 3 is 0.848 bits per heavy atom. The topological polar surface area (TPSA) is 196 Å². The lowest BCUT2D eigenvalue weighted by atomic mass is 10.1. The molecule has 0 saturated heterocycles. The second-order valence-electron chi connectivity index (χ2n) is 16.6. The number of fused-ring (bicyclic) bond motifs is 9. The molecule has 0 saturated carbocycles. The third-order valence-corrected chi connectivity index (χ3v) is 10.4. The Labute approximate surface area is 379 Å². The van der Waals surface area contributed by atoms with Crippen molar-refractivity contribution in [1.29, 1.82) is 0 Å². The summed E-state index contributed by atoms with van der Waals surface area (Å²) in [5.74, 6) is -0.214. The van der Waals surface area contributed by atoms with Gasteiger partial charge in [0.25, 0.3) is 16.7 Å². The summed E-state index contributed by atoms with van der Waals surface area (Å²) in [7, 11) is 11.1. The highest BCUT2D eigenvalue weighted by Crippen LogP contribution is 2.27. The first-order valence-electron chi connectivity index (χ1n) is 21.1. The Morgan fingerprint density at radius 1 is 0.364 bits per heavy atom. The van der Waals surface area contributed by atoms with Crippen LogP contribution in [0.4, 0.5) is 17.1 Å². The highest BCUT2D eigenvalue weighted by molar-refractivity contribution is 6.09. The zero-order valence-corrected chi connectivity index (χ0v) is 37.5. The molecule has 9 rings (SSSR count). The van der Waals surface area contributed by atoms with Gasteiger partial charge >= 0.3 is 0 Å². The second kappa shape index (κ2) is 20.2. The Balaban J connectivity index is 0.000000147. The van der Waals surface area contributed by atoms with Crippen LogP contribution in [0.2, 0.25) is 0 Å². The zero-order chi connectivity index (χ0) is 47.1. The van der Waals surface area contributed by atoms with Crippen molar-refractivity contribution >= 4 is 99.8 Å². The van der Waals surface area contributed by atoms with Gasteiger partial charge in [0.05, 0.1) is 19.6 Å². The molecule has 6 aromatic carbocycles. The van der Waals surface area contributed by atoms with Gasteiger partial charge in [0.2, 0.25) is 17.7 Å². The van der Waals surface area contributed by atoms with Crippen LogP contribution in [0.3, 0.4) is 0 Å². The van der Waals surface area contributed by atoms with Gasteiger partial charge in [-0.25, -0.2) is 0 Å². The number of hydrogen-bond acceptors (Lipinski definition) is 9. The molecular formula is C51H51N9O6. The van der Waals surface area contributed by atoms with Crippen molar-refractivity contribution in [2.45, 2.75) is 0 Å².